The van der Waals surface area contributed by atoms with Gasteiger partial charge >= 0.3 is 6.55 Å². The van der Waals surface area contributed by atoms with Crippen molar-refractivity contribution < 1.29 is 8.78 Å². The number of nitrogens with two attached hydrogens (primary N) is 1. The van der Waals surface area contributed by atoms with Crippen LogP contribution in [-0.2, 0) is 0 Å². The molecule has 0 atom stereocenters. The van der Waals surface area contributed by atoms with Crippen LogP contribution >= 0.6 is 0 Å². The highest BCUT2D eigenvalue weighted by Gasteiger charge is 2.22. The van der Waals surface area contributed by atoms with Crippen LogP contribution in [0.1, 0.15) is 71.5 Å². The fourth-order valence-electron chi connectivity index (χ4n) is 2.09. The number of halogens is 2. The molecule has 0 saturated heterocycles. The third kappa shape index (κ3) is 5.68. The molecule has 0 aliphatic heterocycles. The van der Waals surface area contributed by atoms with Crippen molar-refractivity contribution in [2.45, 2.75) is 71.9 Å². The molecule has 1 aromatic heterocycles. The molecule has 112 valence electrons. The van der Waals surface area contributed by atoms with E-state index in [1.54, 1.807) is 6.07 Å². The average molecular weight is 275 g/mol. The Morgan fingerprint density at radius 3 is 2.11 bits per heavy atom. The minimum absolute atomic E-state index is 0.276. The van der Waals surface area contributed by atoms with Crippen molar-refractivity contribution in [3.05, 3.63) is 18.0 Å². The Kier molecular flexibility index (Phi) is 9.39. The van der Waals surface area contributed by atoms with Gasteiger partial charge < -0.3 is 5.73 Å². The molecule has 0 radical (unpaired) electrons. The highest BCUT2D eigenvalue weighted by Crippen LogP contribution is 2.31. The predicted octanol–water partition coefficient (Wildman–Crippen LogP) is 4.32. The first-order valence-electron chi connectivity index (χ1n) is 7.25. The van der Waals surface area contributed by atoms with Gasteiger partial charge in [0.25, 0.3) is 0 Å². The number of hydrogen-bond donors (Lipinski definition) is 1. The normalized spacial score (nSPS) is 22.1. The van der Waals surface area contributed by atoms with E-state index in [9.17, 15) is 8.78 Å². The molecule has 1 aliphatic carbocycles. The molecule has 2 rings (SSSR count). The standard InChI is InChI=1S/C10H15F2N3.2C2H6/c11-10(12)15-6-5-9(14-15)7-1-3-8(13)4-2-7;2*1-2/h5-8,10H,1-4,13H2;2*1-2H3. The van der Waals surface area contributed by atoms with Gasteiger partial charge in [0.15, 0.2) is 0 Å². The van der Waals surface area contributed by atoms with Gasteiger partial charge in [-0.05, 0) is 31.7 Å². The molecule has 1 fully saturated rings. The van der Waals surface area contributed by atoms with Crippen molar-refractivity contribution in [2.24, 2.45) is 5.73 Å². The zero-order chi connectivity index (χ0) is 14.8. The summed E-state index contributed by atoms with van der Waals surface area (Å²) in [5.41, 5.74) is 6.56. The Hall–Kier alpha value is -0.970. The Morgan fingerprint density at radius 1 is 1.16 bits per heavy atom. The van der Waals surface area contributed by atoms with E-state index >= 15 is 0 Å². The highest BCUT2D eigenvalue weighted by atomic mass is 19.3. The van der Waals surface area contributed by atoms with Gasteiger partial charge in [0.2, 0.25) is 0 Å². The number of hydrogen-bond acceptors (Lipinski definition) is 2. The third-order valence-electron chi connectivity index (χ3n) is 3.02. The zero-order valence-corrected chi connectivity index (χ0v) is 12.4. The molecule has 0 spiro atoms. The summed E-state index contributed by atoms with van der Waals surface area (Å²) in [7, 11) is 0. The fraction of sp³-hybridized carbons (Fsp3) is 0.786. The van der Waals surface area contributed by atoms with Gasteiger partial charge in [0, 0.05) is 18.2 Å². The first-order chi connectivity index (χ1) is 9.16. The summed E-state index contributed by atoms with van der Waals surface area (Å²) in [6.45, 7) is 5.46. The van der Waals surface area contributed by atoms with Gasteiger partial charge in [0.05, 0.1) is 5.69 Å². The van der Waals surface area contributed by atoms with E-state index in [0.29, 0.717) is 10.6 Å². The minimum atomic E-state index is -2.54. The van der Waals surface area contributed by atoms with Crippen LogP contribution in [0.25, 0.3) is 0 Å². The fourth-order valence-corrected chi connectivity index (χ4v) is 2.09. The highest BCUT2D eigenvalue weighted by molar-refractivity contribution is 5.08. The first kappa shape index (κ1) is 18.0. The van der Waals surface area contributed by atoms with E-state index in [-0.39, 0.29) is 6.04 Å². The van der Waals surface area contributed by atoms with Gasteiger partial charge in [-0.3, -0.25) is 0 Å². The summed E-state index contributed by atoms with van der Waals surface area (Å²) in [5.74, 6) is 0.310. The predicted molar refractivity (Wildman–Crippen MR) is 75.4 cm³/mol. The monoisotopic (exact) mass is 275 g/mol. The Morgan fingerprint density at radius 2 is 1.68 bits per heavy atom. The van der Waals surface area contributed by atoms with E-state index < -0.39 is 6.55 Å². The summed E-state index contributed by atoms with van der Waals surface area (Å²) in [5, 5.41) is 3.88. The van der Waals surface area contributed by atoms with Crippen LogP contribution in [0.4, 0.5) is 8.78 Å². The molecule has 2 N–H and O–H groups in total. The van der Waals surface area contributed by atoms with Crippen LogP contribution in [0, 0.1) is 0 Å². The second kappa shape index (κ2) is 9.89. The van der Waals surface area contributed by atoms with Crippen molar-refractivity contribution in [2.75, 3.05) is 0 Å². The maximum Gasteiger partial charge on any atom is 0.333 e. The molecular weight excluding hydrogens is 248 g/mol. The second-order valence-electron chi connectivity index (χ2n) is 4.11. The van der Waals surface area contributed by atoms with Crippen LogP contribution < -0.4 is 5.73 Å². The van der Waals surface area contributed by atoms with E-state index in [2.05, 4.69) is 5.10 Å². The maximum atomic E-state index is 12.3. The topological polar surface area (TPSA) is 43.8 Å². The molecule has 1 aliphatic rings. The van der Waals surface area contributed by atoms with Crippen LogP contribution in [-0.4, -0.2) is 15.8 Å². The third-order valence-corrected chi connectivity index (χ3v) is 3.02. The summed E-state index contributed by atoms with van der Waals surface area (Å²) in [4.78, 5) is 0. The number of aromatic nitrogens is 2. The molecule has 1 heterocycles. The summed E-state index contributed by atoms with van der Waals surface area (Å²) < 4.78 is 25.3. The van der Waals surface area contributed by atoms with Crippen molar-refractivity contribution >= 4 is 0 Å². The van der Waals surface area contributed by atoms with Crippen molar-refractivity contribution in [1.29, 1.82) is 0 Å². The molecular formula is C14H27F2N3. The maximum absolute atomic E-state index is 12.3. The average Bonchev–Trinajstić information content (AvgIpc) is 2.94. The molecule has 0 bridgehead atoms. The minimum Gasteiger partial charge on any atom is -0.328 e. The van der Waals surface area contributed by atoms with Crippen LogP contribution in [0.3, 0.4) is 0 Å². The Balaban J connectivity index is 0.000000741. The lowest BCUT2D eigenvalue weighted by Gasteiger charge is -2.24. The summed E-state index contributed by atoms with van der Waals surface area (Å²) >= 11 is 0. The molecule has 0 amide bonds. The van der Waals surface area contributed by atoms with E-state index in [4.69, 9.17) is 5.73 Å². The molecule has 5 heteroatoms. The second-order valence-corrected chi connectivity index (χ2v) is 4.11. The lowest BCUT2D eigenvalue weighted by molar-refractivity contribution is 0.0559. The number of rotatable bonds is 2. The van der Waals surface area contributed by atoms with Gasteiger partial charge in [-0.25, -0.2) is 4.68 Å². The van der Waals surface area contributed by atoms with Crippen molar-refractivity contribution in [3.63, 3.8) is 0 Å². The van der Waals surface area contributed by atoms with E-state index in [1.807, 2.05) is 27.7 Å². The van der Waals surface area contributed by atoms with Gasteiger partial charge in [-0.1, -0.05) is 27.7 Å². The smallest absolute Gasteiger partial charge is 0.328 e. The molecule has 0 aromatic carbocycles. The Bertz CT molecular complexity index is 318. The molecule has 1 saturated carbocycles. The van der Waals surface area contributed by atoms with E-state index in [1.165, 1.54) is 6.20 Å². The first-order valence-corrected chi connectivity index (χ1v) is 7.25. The zero-order valence-electron chi connectivity index (χ0n) is 12.4. The van der Waals surface area contributed by atoms with Crippen molar-refractivity contribution in [1.82, 2.24) is 9.78 Å². The SMILES string of the molecule is CC.CC.NC1CCC(c2ccn(C(F)F)n2)CC1. The van der Waals surface area contributed by atoms with Gasteiger partial charge in [-0.15, -0.1) is 0 Å². The molecule has 0 unspecified atom stereocenters. The van der Waals surface area contributed by atoms with Gasteiger partial charge in [-0.2, -0.15) is 13.9 Å². The molecule has 19 heavy (non-hydrogen) atoms. The number of nitrogens with zero attached hydrogens (tertiary/aromatic N) is 2. The summed E-state index contributed by atoms with van der Waals surface area (Å²) in [6, 6.07) is 1.96. The Labute approximate surface area is 115 Å². The van der Waals surface area contributed by atoms with Gasteiger partial charge in [0.1, 0.15) is 0 Å². The van der Waals surface area contributed by atoms with Crippen LogP contribution in [0.15, 0.2) is 12.3 Å². The van der Waals surface area contributed by atoms with E-state index in [0.717, 1.165) is 31.4 Å². The van der Waals surface area contributed by atoms with Crippen LogP contribution in [0.2, 0.25) is 0 Å². The lowest BCUT2D eigenvalue weighted by atomic mass is 9.85. The van der Waals surface area contributed by atoms with Crippen molar-refractivity contribution in [3.8, 4) is 0 Å². The number of alkyl halides is 2. The summed E-state index contributed by atoms with van der Waals surface area (Å²) in [6.07, 6.45) is 5.19. The quantitative estimate of drug-likeness (QED) is 0.873. The molecule has 3 nitrogen and oxygen atoms in total. The molecule has 1 aromatic rings. The lowest BCUT2D eigenvalue weighted by Crippen LogP contribution is -2.25. The largest absolute Gasteiger partial charge is 0.333 e. The van der Waals surface area contributed by atoms with Crippen LogP contribution in [0.5, 0.6) is 0 Å².